The average Bonchev–Trinajstić information content (AvgIpc) is 2.45. The molecule has 0 radical (unpaired) electrons. The van der Waals surface area contributed by atoms with Crippen molar-refractivity contribution in [3.05, 3.63) is 53.6 Å². The predicted molar refractivity (Wildman–Crippen MR) is 74.3 cm³/mol. The van der Waals surface area contributed by atoms with E-state index >= 15 is 0 Å². The number of rotatable bonds is 4. The van der Waals surface area contributed by atoms with E-state index in [2.05, 4.69) is 0 Å². The lowest BCUT2D eigenvalue weighted by Gasteiger charge is -2.11. The summed E-state index contributed by atoms with van der Waals surface area (Å²) in [6, 6.07) is 9.91. The first-order chi connectivity index (χ1) is 9.84. The van der Waals surface area contributed by atoms with Gasteiger partial charge in [0, 0.05) is 17.7 Å². The van der Waals surface area contributed by atoms with Crippen LogP contribution in [0.15, 0.2) is 47.4 Å². The van der Waals surface area contributed by atoms with Gasteiger partial charge < -0.3 is 9.84 Å². The number of hydrogen-bond donors (Lipinski definition) is 2. The third-order valence-corrected chi connectivity index (χ3v) is 3.71. The zero-order chi connectivity index (χ0) is 15.6. The standard InChI is InChI=1S/C14H12O6S/c1-20-10-7-11(15)13(12(8-10)21(17,18)19)14(16)9-5-3-2-4-6-9/h2-8,15H,1H3,(H,17,18,19). The van der Waals surface area contributed by atoms with E-state index in [-0.39, 0.29) is 11.3 Å². The number of benzene rings is 2. The van der Waals surface area contributed by atoms with Gasteiger partial charge in [-0.1, -0.05) is 30.3 Å². The Morgan fingerprint density at radius 1 is 1.14 bits per heavy atom. The van der Waals surface area contributed by atoms with Crippen molar-refractivity contribution in [2.75, 3.05) is 7.11 Å². The van der Waals surface area contributed by atoms with E-state index in [1.165, 1.54) is 19.2 Å². The minimum absolute atomic E-state index is 0.00439. The zero-order valence-electron chi connectivity index (χ0n) is 11.0. The molecule has 0 heterocycles. The van der Waals surface area contributed by atoms with Gasteiger partial charge in [0.1, 0.15) is 16.4 Å². The molecule has 0 fully saturated rings. The normalized spacial score (nSPS) is 11.1. The molecule has 0 aliphatic carbocycles. The lowest BCUT2D eigenvalue weighted by atomic mass is 10.0. The summed E-state index contributed by atoms with van der Waals surface area (Å²) in [6.07, 6.45) is 0. The topological polar surface area (TPSA) is 101 Å². The van der Waals surface area contributed by atoms with E-state index in [9.17, 15) is 22.9 Å². The average molecular weight is 308 g/mol. The van der Waals surface area contributed by atoms with Gasteiger partial charge in [0.05, 0.1) is 12.7 Å². The fourth-order valence-electron chi connectivity index (χ4n) is 1.86. The fraction of sp³-hybridized carbons (Fsp3) is 0.0714. The summed E-state index contributed by atoms with van der Waals surface area (Å²) in [5, 5.41) is 9.92. The summed E-state index contributed by atoms with van der Waals surface area (Å²) in [5.74, 6) is -1.30. The largest absolute Gasteiger partial charge is 0.507 e. The first-order valence-corrected chi connectivity index (χ1v) is 7.27. The summed E-state index contributed by atoms with van der Waals surface area (Å²) < 4.78 is 37.0. The Morgan fingerprint density at radius 2 is 1.76 bits per heavy atom. The first kappa shape index (κ1) is 15.0. The van der Waals surface area contributed by atoms with Crippen LogP contribution in [0.5, 0.6) is 11.5 Å². The van der Waals surface area contributed by atoms with Gasteiger partial charge in [0.25, 0.3) is 10.1 Å². The predicted octanol–water partition coefficient (Wildman–Crippen LogP) is 1.88. The van der Waals surface area contributed by atoms with Gasteiger partial charge in [0.2, 0.25) is 0 Å². The van der Waals surface area contributed by atoms with E-state index in [0.29, 0.717) is 0 Å². The second-order valence-electron chi connectivity index (χ2n) is 4.19. The molecule has 0 saturated heterocycles. The highest BCUT2D eigenvalue weighted by Gasteiger charge is 2.26. The molecule has 0 bridgehead atoms. The maximum absolute atomic E-state index is 12.4. The van der Waals surface area contributed by atoms with Crippen LogP contribution >= 0.6 is 0 Å². The molecule has 0 aromatic heterocycles. The Labute approximate surface area is 121 Å². The number of hydrogen-bond acceptors (Lipinski definition) is 5. The summed E-state index contributed by atoms with van der Waals surface area (Å²) >= 11 is 0. The Morgan fingerprint density at radius 3 is 2.29 bits per heavy atom. The third kappa shape index (κ3) is 3.04. The number of phenols is 1. The number of ether oxygens (including phenoxy) is 1. The molecular formula is C14H12O6S. The lowest BCUT2D eigenvalue weighted by Crippen LogP contribution is -2.10. The van der Waals surface area contributed by atoms with Crippen LogP contribution in [-0.2, 0) is 10.1 Å². The Balaban J connectivity index is 2.71. The molecule has 21 heavy (non-hydrogen) atoms. The molecular weight excluding hydrogens is 296 g/mol. The Bertz CT molecular complexity index is 781. The van der Waals surface area contributed by atoms with Crippen molar-refractivity contribution in [2.24, 2.45) is 0 Å². The molecule has 0 atom stereocenters. The van der Waals surface area contributed by atoms with Crippen LogP contribution in [0.25, 0.3) is 0 Å². The molecule has 110 valence electrons. The molecule has 0 spiro atoms. The zero-order valence-corrected chi connectivity index (χ0v) is 11.8. The molecule has 0 amide bonds. The lowest BCUT2D eigenvalue weighted by molar-refractivity contribution is 0.103. The summed E-state index contributed by atoms with van der Waals surface area (Å²) in [6.45, 7) is 0. The minimum Gasteiger partial charge on any atom is -0.507 e. The number of ketones is 1. The minimum atomic E-state index is -4.70. The van der Waals surface area contributed by atoms with Crippen LogP contribution < -0.4 is 4.74 Å². The molecule has 0 aliphatic rings. The van der Waals surface area contributed by atoms with Crippen LogP contribution in [0, 0.1) is 0 Å². The number of aromatic hydroxyl groups is 1. The maximum atomic E-state index is 12.4. The molecule has 2 aromatic rings. The van der Waals surface area contributed by atoms with Crippen molar-refractivity contribution in [3.63, 3.8) is 0 Å². The van der Waals surface area contributed by atoms with Crippen molar-refractivity contribution in [3.8, 4) is 11.5 Å². The van der Waals surface area contributed by atoms with Gasteiger partial charge in [0.15, 0.2) is 5.78 Å². The molecule has 2 aromatic carbocycles. The summed E-state index contributed by atoms with van der Waals surface area (Å²) in [7, 11) is -3.44. The number of phenolic OH excluding ortho intramolecular Hbond substituents is 1. The van der Waals surface area contributed by atoms with Gasteiger partial charge in [-0.05, 0) is 0 Å². The molecule has 7 heteroatoms. The van der Waals surface area contributed by atoms with Gasteiger partial charge >= 0.3 is 0 Å². The molecule has 6 nitrogen and oxygen atoms in total. The highest BCUT2D eigenvalue weighted by Crippen LogP contribution is 2.32. The van der Waals surface area contributed by atoms with Crippen molar-refractivity contribution < 1.29 is 27.6 Å². The number of carbonyl (C=O) groups is 1. The van der Waals surface area contributed by atoms with Crippen molar-refractivity contribution in [2.45, 2.75) is 4.90 Å². The van der Waals surface area contributed by atoms with E-state index in [4.69, 9.17) is 4.74 Å². The first-order valence-electron chi connectivity index (χ1n) is 5.83. The molecule has 2 N–H and O–H groups in total. The van der Waals surface area contributed by atoms with Crippen molar-refractivity contribution in [1.29, 1.82) is 0 Å². The number of methoxy groups -OCH3 is 1. The summed E-state index contributed by atoms with van der Waals surface area (Å²) in [5.41, 5.74) is -0.313. The SMILES string of the molecule is COc1cc(O)c(C(=O)c2ccccc2)c(S(=O)(=O)O)c1. The van der Waals surface area contributed by atoms with Crippen LogP contribution in [0.3, 0.4) is 0 Å². The number of carbonyl (C=O) groups excluding carboxylic acids is 1. The van der Waals surface area contributed by atoms with Gasteiger partial charge in [-0.3, -0.25) is 9.35 Å². The van der Waals surface area contributed by atoms with E-state index in [1.54, 1.807) is 18.2 Å². The maximum Gasteiger partial charge on any atom is 0.295 e. The van der Waals surface area contributed by atoms with Gasteiger partial charge in [-0.2, -0.15) is 8.42 Å². The van der Waals surface area contributed by atoms with Gasteiger partial charge in [-0.15, -0.1) is 0 Å². The summed E-state index contributed by atoms with van der Waals surface area (Å²) in [4.78, 5) is 11.7. The fourth-order valence-corrected chi connectivity index (χ4v) is 2.58. The molecule has 0 aliphatic heterocycles. The van der Waals surface area contributed by atoms with Gasteiger partial charge in [-0.25, -0.2) is 0 Å². The quantitative estimate of drug-likeness (QED) is 0.660. The Hall–Kier alpha value is -2.38. The van der Waals surface area contributed by atoms with E-state index in [0.717, 1.165) is 12.1 Å². The Kier molecular flexibility index (Phi) is 3.97. The van der Waals surface area contributed by atoms with E-state index < -0.39 is 32.1 Å². The molecule has 0 unspecified atom stereocenters. The van der Waals surface area contributed by atoms with Crippen LogP contribution in [0.4, 0.5) is 0 Å². The van der Waals surface area contributed by atoms with Crippen molar-refractivity contribution >= 4 is 15.9 Å². The third-order valence-electron chi connectivity index (χ3n) is 2.83. The van der Waals surface area contributed by atoms with Crippen molar-refractivity contribution in [1.82, 2.24) is 0 Å². The smallest absolute Gasteiger partial charge is 0.295 e. The second-order valence-corrected chi connectivity index (χ2v) is 5.58. The second kappa shape index (κ2) is 5.55. The highest BCUT2D eigenvalue weighted by molar-refractivity contribution is 7.86. The monoisotopic (exact) mass is 308 g/mol. The van der Waals surface area contributed by atoms with Crippen LogP contribution in [0.2, 0.25) is 0 Å². The highest BCUT2D eigenvalue weighted by atomic mass is 32.2. The van der Waals surface area contributed by atoms with E-state index in [1.807, 2.05) is 0 Å². The molecule has 0 saturated carbocycles. The van der Waals surface area contributed by atoms with Crippen LogP contribution in [0.1, 0.15) is 15.9 Å². The molecule has 2 rings (SSSR count). The van der Waals surface area contributed by atoms with Crippen LogP contribution in [-0.4, -0.2) is 31.0 Å².